The number of ketones is 1. The number of aryl methyl sites for hydroxylation is 1. The van der Waals surface area contributed by atoms with Crippen LogP contribution in [0.2, 0.25) is 0 Å². The number of aromatic nitrogens is 3. The van der Waals surface area contributed by atoms with E-state index in [1.165, 1.54) is 0 Å². The molecule has 0 amide bonds. The van der Waals surface area contributed by atoms with Crippen molar-refractivity contribution in [2.24, 2.45) is 0 Å². The number of carbonyl (C=O) groups is 2. The number of hydrogen-bond donors (Lipinski definition) is 5. The van der Waals surface area contributed by atoms with Crippen LogP contribution < -0.4 is 16.4 Å². The number of Topliss-reactive ketones (excluding diaryl/α,β-unsaturated/α-hetero) is 1. The molecule has 3 aromatic carbocycles. The summed E-state index contributed by atoms with van der Waals surface area (Å²) in [5.74, 6) is -0.0948. The topological polar surface area (TPSA) is 155 Å². The number of aliphatic carboxylic acids is 1. The monoisotopic (exact) mass is 550 g/mol. The summed E-state index contributed by atoms with van der Waals surface area (Å²) in [5, 5.41) is 30.8. The molecule has 10 nitrogen and oxygen atoms in total. The minimum absolute atomic E-state index is 0.107. The van der Waals surface area contributed by atoms with Gasteiger partial charge in [0.2, 0.25) is 0 Å². The van der Waals surface area contributed by atoms with Gasteiger partial charge in [-0.25, -0.2) is 4.98 Å². The molecule has 0 saturated carbocycles. The summed E-state index contributed by atoms with van der Waals surface area (Å²) in [6.45, 7) is 0. The third-order valence-electron chi connectivity index (χ3n) is 6.57. The lowest BCUT2D eigenvalue weighted by Crippen LogP contribution is -2.12. The number of carboxylic acids is 1. The summed E-state index contributed by atoms with van der Waals surface area (Å²) >= 11 is 0. The summed E-state index contributed by atoms with van der Waals surface area (Å²) in [7, 11) is 0. The SMILES string of the molecule is Nc1cccc(Nc2cc(Nc3cccc(C(=O)C(O)c4ccccc4)c3)n3ncc(CCCCC(=O)O)c3n2)c1. The fourth-order valence-electron chi connectivity index (χ4n) is 4.54. The Morgan fingerprint density at radius 3 is 2.41 bits per heavy atom. The number of rotatable bonds is 12. The van der Waals surface area contributed by atoms with Crippen molar-refractivity contribution < 1.29 is 19.8 Å². The first-order valence-corrected chi connectivity index (χ1v) is 13.2. The van der Waals surface area contributed by atoms with E-state index < -0.39 is 17.9 Å². The summed E-state index contributed by atoms with van der Waals surface area (Å²) in [6.07, 6.45) is 2.41. The maximum Gasteiger partial charge on any atom is 0.303 e. The summed E-state index contributed by atoms with van der Waals surface area (Å²) in [5.41, 5.74) is 10.3. The fourth-order valence-corrected chi connectivity index (χ4v) is 4.54. The number of hydrogen-bond acceptors (Lipinski definition) is 8. The normalized spacial score (nSPS) is 11.7. The first kappa shape index (κ1) is 27.4. The van der Waals surface area contributed by atoms with Crippen LogP contribution in [0.15, 0.2) is 91.1 Å². The van der Waals surface area contributed by atoms with Crippen molar-refractivity contribution in [1.29, 1.82) is 0 Å². The van der Waals surface area contributed by atoms with Crippen LogP contribution in [-0.2, 0) is 11.2 Å². The van der Waals surface area contributed by atoms with E-state index in [1.54, 1.807) is 71.4 Å². The average molecular weight is 551 g/mol. The Labute approximate surface area is 236 Å². The molecule has 208 valence electrons. The van der Waals surface area contributed by atoms with Gasteiger partial charge in [-0.15, -0.1) is 0 Å². The maximum atomic E-state index is 13.1. The number of fused-ring (bicyclic) bond motifs is 1. The molecule has 10 heteroatoms. The Hall–Kier alpha value is -5.22. The number of nitrogens with one attached hydrogen (secondary N) is 2. The summed E-state index contributed by atoms with van der Waals surface area (Å²) in [6, 6.07) is 24.8. The van der Waals surface area contributed by atoms with Gasteiger partial charge in [0.05, 0.1) is 6.20 Å². The molecule has 0 bridgehead atoms. The molecule has 0 saturated heterocycles. The van der Waals surface area contributed by atoms with Crippen LogP contribution in [0.1, 0.15) is 46.9 Å². The van der Waals surface area contributed by atoms with Crippen molar-refractivity contribution in [2.75, 3.05) is 16.4 Å². The van der Waals surface area contributed by atoms with Gasteiger partial charge in [0, 0.05) is 40.7 Å². The van der Waals surface area contributed by atoms with Crippen molar-refractivity contribution in [2.45, 2.75) is 31.8 Å². The standard InChI is InChI=1S/C31H30N6O4/c32-23-12-7-14-25(17-23)34-26-18-27(37-31(36-26)22(19-33-37)10-4-5-15-28(38)39)35-24-13-6-11-21(16-24)30(41)29(40)20-8-2-1-3-9-20/h1-3,6-9,11-14,16-19,29,35,40H,4-5,10,15,32H2,(H,34,36)(H,38,39). The van der Waals surface area contributed by atoms with Gasteiger partial charge in [-0.3, -0.25) is 9.59 Å². The number of carbonyl (C=O) groups excluding carboxylic acids is 1. The zero-order chi connectivity index (χ0) is 28.8. The second kappa shape index (κ2) is 12.3. The number of nitrogens with zero attached hydrogens (tertiary/aromatic N) is 3. The lowest BCUT2D eigenvalue weighted by atomic mass is 10.00. The molecule has 41 heavy (non-hydrogen) atoms. The molecular formula is C31H30N6O4. The predicted octanol–water partition coefficient (Wildman–Crippen LogP) is 5.51. The van der Waals surface area contributed by atoms with E-state index in [0.717, 1.165) is 11.3 Å². The maximum absolute atomic E-state index is 13.1. The third-order valence-corrected chi connectivity index (χ3v) is 6.57. The van der Waals surface area contributed by atoms with Gasteiger partial charge in [0.15, 0.2) is 11.4 Å². The van der Waals surface area contributed by atoms with Crippen LogP contribution in [0.3, 0.4) is 0 Å². The van der Waals surface area contributed by atoms with Gasteiger partial charge >= 0.3 is 5.97 Å². The molecule has 0 spiro atoms. The van der Waals surface area contributed by atoms with Crippen LogP contribution in [0.5, 0.6) is 0 Å². The predicted molar refractivity (Wildman–Crippen MR) is 158 cm³/mol. The van der Waals surface area contributed by atoms with Crippen LogP contribution in [0.25, 0.3) is 5.65 Å². The Balaban J connectivity index is 1.45. The minimum atomic E-state index is -1.28. The number of aliphatic hydroxyl groups is 1. The number of anilines is 5. The van der Waals surface area contributed by atoms with Crippen LogP contribution in [0, 0.1) is 0 Å². The van der Waals surface area contributed by atoms with E-state index in [-0.39, 0.29) is 6.42 Å². The Morgan fingerprint density at radius 1 is 0.902 bits per heavy atom. The molecule has 0 aliphatic rings. The highest BCUT2D eigenvalue weighted by atomic mass is 16.4. The van der Waals surface area contributed by atoms with Gasteiger partial charge in [0.1, 0.15) is 17.7 Å². The van der Waals surface area contributed by atoms with E-state index in [9.17, 15) is 14.7 Å². The quantitative estimate of drug-likeness (QED) is 0.0768. The second-order valence-corrected chi connectivity index (χ2v) is 9.67. The van der Waals surface area contributed by atoms with E-state index in [2.05, 4.69) is 15.7 Å². The molecule has 6 N–H and O–H groups in total. The Kier molecular flexibility index (Phi) is 8.21. The highest BCUT2D eigenvalue weighted by molar-refractivity contribution is 6.00. The smallest absolute Gasteiger partial charge is 0.303 e. The average Bonchev–Trinajstić information content (AvgIpc) is 3.38. The van der Waals surface area contributed by atoms with Gasteiger partial charge in [-0.05, 0) is 55.2 Å². The molecule has 2 aromatic heterocycles. The van der Waals surface area contributed by atoms with Crippen molar-refractivity contribution >= 4 is 46.1 Å². The zero-order valence-electron chi connectivity index (χ0n) is 22.2. The summed E-state index contributed by atoms with van der Waals surface area (Å²) < 4.78 is 1.67. The summed E-state index contributed by atoms with van der Waals surface area (Å²) in [4.78, 5) is 28.8. The third kappa shape index (κ3) is 6.68. The highest BCUT2D eigenvalue weighted by Gasteiger charge is 2.20. The van der Waals surface area contributed by atoms with Gasteiger partial charge in [-0.1, -0.05) is 48.5 Å². The first-order valence-electron chi connectivity index (χ1n) is 13.2. The second-order valence-electron chi connectivity index (χ2n) is 9.67. The first-order chi connectivity index (χ1) is 19.9. The minimum Gasteiger partial charge on any atom is -0.481 e. The van der Waals surface area contributed by atoms with Gasteiger partial charge in [-0.2, -0.15) is 9.61 Å². The molecule has 0 fully saturated rings. The number of nitrogens with two attached hydrogens (primary N) is 1. The molecule has 2 heterocycles. The van der Waals surface area contributed by atoms with E-state index >= 15 is 0 Å². The molecule has 0 radical (unpaired) electrons. The van der Waals surface area contributed by atoms with Crippen molar-refractivity contribution in [3.63, 3.8) is 0 Å². The lowest BCUT2D eigenvalue weighted by Gasteiger charge is -2.14. The molecule has 5 aromatic rings. The number of carboxylic acid groups (broad SMARTS) is 1. The molecule has 0 aliphatic carbocycles. The van der Waals surface area contributed by atoms with E-state index in [4.69, 9.17) is 15.8 Å². The number of unbranched alkanes of at least 4 members (excludes halogenated alkanes) is 1. The van der Waals surface area contributed by atoms with Crippen LogP contribution in [-0.4, -0.2) is 36.6 Å². The molecular weight excluding hydrogens is 520 g/mol. The largest absolute Gasteiger partial charge is 0.481 e. The van der Waals surface area contributed by atoms with Crippen molar-refractivity contribution in [3.05, 3.63) is 108 Å². The van der Waals surface area contributed by atoms with E-state index in [0.29, 0.717) is 59.0 Å². The van der Waals surface area contributed by atoms with E-state index in [1.807, 2.05) is 24.3 Å². The number of aliphatic hydroxyl groups excluding tert-OH is 1. The van der Waals surface area contributed by atoms with Crippen molar-refractivity contribution in [1.82, 2.24) is 14.6 Å². The van der Waals surface area contributed by atoms with Gasteiger partial charge < -0.3 is 26.6 Å². The zero-order valence-corrected chi connectivity index (χ0v) is 22.2. The highest BCUT2D eigenvalue weighted by Crippen LogP contribution is 2.27. The fraction of sp³-hybridized carbons (Fsp3) is 0.161. The Morgan fingerprint density at radius 2 is 1.66 bits per heavy atom. The molecule has 1 atom stereocenters. The molecule has 0 aliphatic heterocycles. The number of nitrogen functional groups attached to an aromatic ring is 1. The van der Waals surface area contributed by atoms with Gasteiger partial charge in [0.25, 0.3) is 0 Å². The molecule has 5 rings (SSSR count). The lowest BCUT2D eigenvalue weighted by molar-refractivity contribution is -0.137. The van der Waals surface area contributed by atoms with Crippen molar-refractivity contribution in [3.8, 4) is 0 Å². The molecule has 1 unspecified atom stereocenters. The van der Waals surface area contributed by atoms with Crippen LogP contribution in [0.4, 0.5) is 28.7 Å². The number of benzene rings is 3. The Bertz CT molecular complexity index is 1690. The van der Waals surface area contributed by atoms with Crippen LogP contribution >= 0.6 is 0 Å².